The second kappa shape index (κ2) is 8.37. The third-order valence-electron chi connectivity index (χ3n) is 5.55. The van der Waals surface area contributed by atoms with Crippen molar-refractivity contribution in [1.82, 2.24) is 14.8 Å². The van der Waals surface area contributed by atoms with Crippen LogP contribution in [0.25, 0.3) is 0 Å². The predicted molar refractivity (Wildman–Crippen MR) is 102 cm³/mol. The van der Waals surface area contributed by atoms with Gasteiger partial charge in [0, 0.05) is 26.1 Å². The Balaban J connectivity index is 1.62. The number of rotatable bonds is 5. The summed E-state index contributed by atoms with van der Waals surface area (Å²) in [4.78, 5) is 44.7. The van der Waals surface area contributed by atoms with E-state index in [1.165, 1.54) is 29.1 Å². The van der Waals surface area contributed by atoms with Crippen LogP contribution in [0.4, 0.5) is 0 Å². The fraction of sp³-hybridized carbons (Fsp3) is 0.684. The first kappa shape index (κ1) is 19.8. The van der Waals surface area contributed by atoms with Crippen molar-refractivity contribution in [3.63, 3.8) is 0 Å². The molecule has 1 saturated carbocycles. The number of hydrogen-bond acceptors (Lipinski definition) is 5. The van der Waals surface area contributed by atoms with E-state index in [9.17, 15) is 19.5 Å². The summed E-state index contributed by atoms with van der Waals surface area (Å²) in [7, 11) is 1.62. The Bertz CT molecular complexity index is 727. The Morgan fingerprint density at radius 3 is 2.59 bits per heavy atom. The van der Waals surface area contributed by atoms with E-state index >= 15 is 0 Å². The Morgan fingerprint density at radius 1 is 1.22 bits per heavy atom. The number of aryl methyl sites for hydroxylation is 1. The normalized spacial score (nSPS) is 20.7. The largest absolute Gasteiger partial charge is 0.481 e. The van der Waals surface area contributed by atoms with Crippen LogP contribution >= 0.6 is 11.3 Å². The van der Waals surface area contributed by atoms with Gasteiger partial charge < -0.3 is 14.9 Å². The van der Waals surface area contributed by atoms with Crippen molar-refractivity contribution in [1.29, 1.82) is 0 Å². The number of aromatic nitrogens is 1. The molecule has 1 aromatic heterocycles. The molecule has 148 valence electrons. The van der Waals surface area contributed by atoms with Crippen LogP contribution in [0.5, 0.6) is 0 Å². The zero-order chi connectivity index (χ0) is 19.6. The van der Waals surface area contributed by atoms with E-state index in [0.717, 1.165) is 23.5 Å². The molecule has 1 N–H and O–H groups in total. The summed E-state index contributed by atoms with van der Waals surface area (Å²) in [6, 6.07) is 0. The molecule has 8 heteroatoms. The van der Waals surface area contributed by atoms with Crippen molar-refractivity contribution in [3.05, 3.63) is 15.6 Å². The van der Waals surface area contributed by atoms with E-state index in [2.05, 4.69) is 4.98 Å². The van der Waals surface area contributed by atoms with Crippen LogP contribution in [0.15, 0.2) is 0 Å². The Hall–Kier alpha value is -1.96. The first-order valence-corrected chi connectivity index (χ1v) is 10.4. The number of thiazole rings is 1. The number of carboxylic acid groups (broad SMARTS) is 1. The summed E-state index contributed by atoms with van der Waals surface area (Å²) >= 11 is 1.46. The van der Waals surface area contributed by atoms with E-state index in [-0.39, 0.29) is 24.9 Å². The maximum atomic E-state index is 12.8. The summed E-state index contributed by atoms with van der Waals surface area (Å²) in [6.45, 7) is 2.58. The molecule has 7 nitrogen and oxygen atoms in total. The van der Waals surface area contributed by atoms with Gasteiger partial charge in [0.2, 0.25) is 5.91 Å². The van der Waals surface area contributed by atoms with E-state index in [1.807, 2.05) is 6.92 Å². The van der Waals surface area contributed by atoms with Crippen LogP contribution in [0.3, 0.4) is 0 Å². The lowest BCUT2D eigenvalue weighted by molar-refractivity contribution is -0.145. The molecule has 2 heterocycles. The SMILES string of the molecule is Cc1nc(C2CCCC2)sc1C(=O)N(C)CC(=O)N1CCCC(C(=O)O)C1. The highest BCUT2D eigenvalue weighted by molar-refractivity contribution is 7.13. The number of hydrogen-bond donors (Lipinski definition) is 1. The molecule has 0 bridgehead atoms. The summed E-state index contributed by atoms with van der Waals surface area (Å²) < 4.78 is 0. The van der Waals surface area contributed by atoms with Gasteiger partial charge in [0.15, 0.2) is 0 Å². The zero-order valence-electron chi connectivity index (χ0n) is 15.9. The van der Waals surface area contributed by atoms with Crippen molar-refractivity contribution < 1.29 is 19.5 Å². The highest BCUT2D eigenvalue weighted by Gasteiger charge is 2.30. The van der Waals surface area contributed by atoms with Crippen LogP contribution in [0, 0.1) is 12.8 Å². The Labute approximate surface area is 163 Å². The molecule has 0 aromatic carbocycles. The fourth-order valence-electron chi connectivity index (χ4n) is 3.92. The van der Waals surface area contributed by atoms with Gasteiger partial charge in [0.05, 0.1) is 23.2 Å². The van der Waals surface area contributed by atoms with Gasteiger partial charge in [-0.1, -0.05) is 12.8 Å². The van der Waals surface area contributed by atoms with Crippen LogP contribution in [-0.4, -0.2) is 64.4 Å². The van der Waals surface area contributed by atoms with Gasteiger partial charge >= 0.3 is 5.97 Å². The van der Waals surface area contributed by atoms with E-state index in [4.69, 9.17) is 0 Å². The highest BCUT2D eigenvalue weighted by atomic mass is 32.1. The minimum Gasteiger partial charge on any atom is -0.481 e. The van der Waals surface area contributed by atoms with Crippen molar-refractivity contribution in [2.45, 2.75) is 51.4 Å². The first-order chi connectivity index (χ1) is 12.9. The topological polar surface area (TPSA) is 90.8 Å². The number of carbonyl (C=O) groups excluding carboxylic acids is 2. The molecule has 0 spiro atoms. The van der Waals surface area contributed by atoms with E-state index in [1.54, 1.807) is 11.9 Å². The van der Waals surface area contributed by atoms with Crippen LogP contribution in [0.1, 0.15) is 64.8 Å². The lowest BCUT2D eigenvalue weighted by Crippen LogP contribution is -2.46. The molecular formula is C19H27N3O4S. The predicted octanol–water partition coefficient (Wildman–Crippen LogP) is 2.50. The molecule has 3 rings (SSSR count). The van der Waals surface area contributed by atoms with E-state index in [0.29, 0.717) is 30.2 Å². The van der Waals surface area contributed by atoms with Gasteiger partial charge in [-0.2, -0.15) is 0 Å². The maximum absolute atomic E-state index is 12.8. The number of nitrogens with zero attached hydrogens (tertiary/aromatic N) is 3. The summed E-state index contributed by atoms with van der Waals surface area (Å²) in [5, 5.41) is 10.2. The molecule has 1 unspecified atom stereocenters. The first-order valence-electron chi connectivity index (χ1n) is 9.60. The van der Waals surface area contributed by atoms with Crippen molar-refractivity contribution in [3.8, 4) is 0 Å². The van der Waals surface area contributed by atoms with Gasteiger partial charge in [0.1, 0.15) is 4.88 Å². The Kier molecular flexibility index (Phi) is 6.14. The molecule has 2 aliphatic rings. The van der Waals surface area contributed by atoms with Gasteiger partial charge in [-0.15, -0.1) is 11.3 Å². The lowest BCUT2D eigenvalue weighted by atomic mass is 9.98. The Morgan fingerprint density at radius 2 is 1.93 bits per heavy atom. The number of amides is 2. The third-order valence-corrected chi connectivity index (χ3v) is 6.86. The number of piperidine rings is 1. The van der Waals surface area contributed by atoms with Gasteiger partial charge in [-0.3, -0.25) is 14.4 Å². The third kappa shape index (κ3) is 4.48. The average molecular weight is 394 g/mol. The van der Waals surface area contributed by atoms with Crippen molar-refractivity contribution in [2.75, 3.05) is 26.7 Å². The number of carbonyl (C=O) groups is 3. The molecular weight excluding hydrogens is 366 g/mol. The molecule has 1 aromatic rings. The molecule has 1 saturated heterocycles. The van der Waals surface area contributed by atoms with Crippen LogP contribution in [0.2, 0.25) is 0 Å². The monoisotopic (exact) mass is 393 g/mol. The highest BCUT2D eigenvalue weighted by Crippen LogP contribution is 2.37. The van der Waals surface area contributed by atoms with Crippen LogP contribution in [-0.2, 0) is 9.59 Å². The number of aliphatic carboxylic acids is 1. The van der Waals surface area contributed by atoms with Gasteiger partial charge in [-0.25, -0.2) is 4.98 Å². The second-order valence-corrected chi connectivity index (χ2v) is 8.66. The summed E-state index contributed by atoms with van der Waals surface area (Å²) in [6.07, 6.45) is 5.97. The molecule has 2 amide bonds. The van der Waals surface area contributed by atoms with Gasteiger partial charge in [0.25, 0.3) is 5.91 Å². The molecule has 1 aliphatic heterocycles. The molecule has 0 radical (unpaired) electrons. The molecule has 27 heavy (non-hydrogen) atoms. The number of carboxylic acids is 1. The minimum absolute atomic E-state index is 0.0404. The quantitative estimate of drug-likeness (QED) is 0.830. The number of likely N-dealkylation sites (N-methyl/N-ethyl adjacent to an activating group) is 1. The lowest BCUT2D eigenvalue weighted by Gasteiger charge is -2.32. The van der Waals surface area contributed by atoms with Crippen LogP contribution < -0.4 is 0 Å². The molecule has 2 fully saturated rings. The van der Waals surface area contributed by atoms with Crippen molar-refractivity contribution in [2.24, 2.45) is 5.92 Å². The second-order valence-electron chi connectivity index (χ2n) is 7.63. The molecule has 1 atom stereocenters. The standard InChI is InChI=1S/C19H27N3O4S/c1-12-16(27-17(20-12)13-6-3-4-7-13)18(24)21(2)11-15(23)22-9-5-8-14(10-22)19(25)26/h13-14H,3-11H2,1-2H3,(H,25,26). The summed E-state index contributed by atoms with van der Waals surface area (Å²) in [5.41, 5.74) is 0.732. The van der Waals surface area contributed by atoms with Gasteiger partial charge in [-0.05, 0) is 32.6 Å². The maximum Gasteiger partial charge on any atom is 0.308 e. The number of likely N-dealkylation sites (tertiary alicyclic amines) is 1. The molecule has 1 aliphatic carbocycles. The smallest absolute Gasteiger partial charge is 0.308 e. The minimum atomic E-state index is -0.864. The summed E-state index contributed by atoms with van der Waals surface area (Å²) in [5.74, 6) is -1.30. The van der Waals surface area contributed by atoms with Crippen molar-refractivity contribution >= 4 is 29.1 Å². The fourth-order valence-corrected chi connectivity index (χ4v) is 5.15. The zero-order valence-corrected chi connectivity index (χ0v) is 16.8. The average Bonchev–Trinajstić information content (AvgIpc) is 3.30. The van der Waals surface area contributed by atoms with E-state index < -0.39 is 11.9 Å².